The molecule has 0 aliphatic carbocycles. The molecule has 1 amide bonds. The largest absolute Gasteiger partial charge is 0.384 e. The van der Waals surface area contributed by atoms with Gasteiger partial charge in [-0.05, 0) is 26.7 Å². The summed E-state index contributed by atoms with van der Waals surface area (Å²) in [6, 6.07) is 0. The standard InChI is InChI=1S/C12H26N2O2/c1-10(9-16-5)8-13-11(15)6-7-14-12(2,3)4/h10,14H,6-9H2,1-5H3,(H,13,15). The van der Waals surface area contributed by atoms with Crippen molar-refractivity contribution in [1.82, 2.24) is 10.6 Å². The predicted octanol–water partition coefficient (Wildman–Crippen LogP) is 1.16. The number of carbonyl (C=O) groups excluding carboxylic acids is 1. The third kappa shape index (κ3) is 9.93. The molecule has 0 saturated heterocycles. The summed E-state index contributed by atoms with van der Waals surface area (Å²) in [4.78, 5) is 11.4. The van der Waals surface area contributed by atoms with Gasteiger partial charge in [-0.2, -0.15) is 0 Å². The Morgan fingerprint density at radius 3 is 2.50 bits per heavy atom. The quantitative estimate of drug-likeness (QED) is 0.690. The van der Waals surface area contributed by atoms with E-state index >= 15 is 0 Å². The van der Waals surface area contributed by atoms with Crippen LogP contribution in [0.25, 0.3) is 0 Å². The van der Waals surface area contributed by atoms with E-state index in [9.17, 15) is 4.79 Å². The summed E-state index contributed by atoms with van der Waals surface area (Å²) in [6.45, 7) is 10.4. The number of ether oxygens (including phenoxy) is 1. The minimum atomic E-state index is 0.0730. The van der Waals surface area contributed by atoms with Crippen LogP contribution < -0.4 is 10.6 Å². The van der Waals surface area contributed by atoms with Gasteiger partial charge in [-0.25, -0.2) is 0 Å². The van der Waals surface area contributed by atoms with Gasteiger partial charge in [-0.1, -0.05) is 6.92 Å². The molecule has 0 rings (SSSR count). The van der Waals surface area contributed by atoms with Gasteiger partial charge in [-0.3, -0.25) is 4.79 Å². The van der Waals surface area contributed by atoms with Gasteiger partial charge < -0.3 is 15.4 Å². The van der Waals surface area contributed by atoms with Crippen molar-refractivity contribution in [3.63, 3.8) is 0 Å². The monoisotopic (exact) mass is 230 g/mol. The van der Waals surface area contributed by atoms with Gasteiger partial charge in [0, 0.05) is 32.2 Å². The van der Waals surface area contributed by atoms with Crippen molar-refractivity contribution in [2.75, 3.05) is 26.8 Å². The fraction of sp³-hybridized carbons (Fsp3) is 0.917. The summed E-state index contributed by atoms with van der Waals surface area (Å²) in [5.41, 5.74) is 0.0730. The van der Waals surface area contributed by atoms with Gasteiger partial charge in [0.05, 0.1) is 6.61 Å². The number of hydrogen-bond acceptors (Lipinski definition) is 3. The lowest BCUT2D eigenvalue weighted by molar-refractivity contribution is -0.121. The van der Waals surface area contributed by atoms with Crippen molar-refractivity contribution in [2.45, 2.75) is 39.7 Å². The van der Waals surface area contributed by atoms with Gasteiger partial charge >= 0.3 is 0 Å². The molecule has 0 bridgehead atoms. The van der Waals surface area contributed by atoms with Gasteiger partial charge in [-0.15, -0.1) is 0 Å². The Hall–Kier alpha value is -0.610. The second kappa shape index (κ2) is 7.63. The van der Waals surface area contributed by atoms with E-state index in [1.807, 2.05) is 0 Å². The minimum Gasteiger partial charge on any atom is -0.384 e. The first kappa shape index (κ1) is 15.4. The SMILES string of the molecule is COCC(C)CNC(=O)CCNC(C)(C)C. The number of rotatable bonds is 7. The van der Waals surface area contributed by atoms with Crippen LogP contribution in [0.1, 0.15) is 34.1 Å². The molecular formula is C12H26N2O2. The third-order valence-corrected chi connectivity index (χ3v) is 2.11. The third-order valence-electron chi connectivity index (χ3n) is 2.11. The summed E-state index contributed by atoms with van der Waals surface area (Å²) < 4.78 is 5.00. The smallest absolute Gasteiger partial charge is 0.221 e. The van der Waals surface area contributed by atoms with Crippen LogP contribution in [0.4, 0.5) is 0 Å². The molecule has 0 saturated carbocycles. The molecule has 16 heavy (non-hydrogen) atoms. The van der Waals surface area contributed by atoms with Gasteiger partial charge in [0.15, 0.2) is 0 Å². The number of nitrogens with one attached hydrogen (secondary N) is 2. The normalized spacial score (nSPS) is 13.6. The highest BCUT2D eigenvalue weighted by Gasteiger charge is 2.10. The van der Waals surface area contributed by atoms with Crippen LogP contribution in [0, 0.1) is 5.92 Å². The summed E-state index contributed by atoms with van der Waals surface area (Å²) in [6.07, 6.45) is 0.525. The molecule has 0 fully saturated rings. The van der Waals surface area contributed by atoms with Crippen molar-refractivity contribution >= 4 is 5.91 Å². The van der Waals surface area contributed by atoms with Gasteiger partial charge in [0.25, 0.3) is 0 Å². The Morgan fingerprint density at radius 2 is 2.00 bits per heavy atom. The number of hydrogen-bond donors (Lipinski definition) is 2. The zero-order valence-corrected chi connectivity index (χ0v) is 11.2. The summed E-state index contributed by atoms with van der Waals surface area (Å²) >= 11 is 0. The fourth-order valence-electron chi connectivity index (χ4n) is 1.27. The second-order valence-electron chi connectivity index (χ2n) is 5.29. The van der Waals surface area contributed by atoms with E-state index in [2.05, 4.69) is 38.3 Å². The van der Waals surface area contributed by atoms with Crippen LogP contribution in [-0.2, 0) is 9.53 Å². The van der Waals surface area contributed by atoms with Crippen molar-refractivity contribution in [1.29, 1.82) is 0 Å². The molecule has 0 aliphatic heterocycles. The molecule has 0 radical (unpaired) electrons. The number of methoxy groups -OCH3 is 1. The Morgan fingerprint density at radius 1 is 1.38 bits per heavy atom. The molecule has 0 aliphatic rings. The van der Waals surface area contributed by atoms with Crippen LogP contribution in [0.2, 0.25) is 0 Å². The van der Waals surface area contributed by atoms with Crippen molar-refractivity contribution in [2.24, 2.45) is 5.92 Å². The van der Waals surface area contributed by atoms with E-state index in [1.54, 1.807) is 7.11 Å². The van der Waals surface area contributed by atoms with Crippen LogP contribution in [0.5, 0.6) is 0 Å². The first-order chi connectivity index (χ1) is 7.35. The van der Waals surface area contributed by atoms with Crippen molar-refractivity contribution in [3.8, 4) is 0 Å². The van der Waals surface area contributed by atoms with E-state index in [1.165, 1.54) is 0 Å². The molecule has 4 nitrogen and oxygen atoms in total. The Bertz CT molecular complexity index is 200. The van der Waals surface area contributed by atoms with E-state index in [4.69, 9.17) is 4.74 Å². The van der Waals surface area contributed by atoms with E-state index in [-0.39, 0.29) is 11.4 Å². The average molecular weight is 230 g/mol. The van der Waals surface area contributed by atoms with Crippen LogP contribution in [-0.4, -0.2) is 38.3 Å². The first-order valence-corrected chi connectivity index (χ1v) is 5.86. The zero-order chi connectivity index (χ0) is 12.6. The molecule has 0 aromatic carbocycles. The van der Waals surface area contributed by atoms with Gasteiger partial charge in [0.2, 0.25) is 5.91 Å². The van der Waals surface area contributed by atoms with E-state index in [0.29, 0.717) is 32.0 Å². The lowest BCUT2D eigenvalue weighted by Crippen LogP contribution is -2.39. The molecule has 1 unspecified atom stereocenters. The maximum Gasteiger partial charge on any atom is 0.221 e. The molecule has 0 spiro atoms. The minimum absolute atomic E-state index is 0.0730. The highest BCUT2D eigenvalue weighted by molar-refractivity contribution is 5.76. The van der Waals surface area contributed by atoms with Crippen molar-refractivity contribution in [3.05, 3.63) is 0 Å². The number of carbonyl (C=O) groups is 1. The zero-order valence-electron chi connectivity index (χ0n) is 11.2. The lowest BCUT2D eigenvalue weighted by Gasteiger charge is -2.20. The molecule has 4 heteroatoms. The maximum atomic E-state index is 11.4. The predicted molar refractivity (Wildman–Crippen MR) is 66.4 cm³/mol. The summed E-state index contributed by atoms with van der Waals surface area (Å²) in [7, 11) is 1.67. The van der Waals surface area contributed by atoms with Crippen LogP contribution >= 0.6 is 0 Å². The van der Waals surface area contributed by atoms with Crippen LogP contribution in [0.15, 0.2) is 0 Å². The van der Waals surface area contributed by atoms with Gasteiger partial charge in [0.1, 0.15) is 0 Å². The summed E-state index contributed by atoms with van der Waals surface area (Å²) in [5, 5.41) is 6.17. The molecule has 2 N–H and O–H groups in total. The fourth-order valence-corrected chi connectivity index (χ4v) is 1.27. The topological polar surface area (TPSA) is 50.4 Å². The highest BCUT2D eigenvalue weighted by atomic mass is 16.5. The Balaban J connectivity index is 3.52. The first-order valence-electron chi connectivity index (χ1n) is 5.86. The molecule has 0 aromatic rings. The van der Waals surface area contributed by atoms with Crippen LogP contribution in [0.3, 0.4) is 0 Å². The number of amides is 1. The molecule has 96 valence electrons. The van der Waals surface area contributed by atoms with Crippen molar-refractivity contribution < 1.29 is 9.53 Å². The Kier molecular flexibility index (Phi) is 7.34. The van der Waals surface area contributed by atoms with E-state index < -0.39 is 0 Å². The molecular weight excluding hydrogens is 204 g/mol. The lowest BCUT2D eigenvalue weighted by atomic mass is 10.1. The summed E-state index contributed by atoms with van der Waals surface area (Å²) in [5.74, 6) is 0.462. The Labute approximate surface area is 99.1 Å². The molecule has 1 atom stereocenters. The average Bonchev–Trinajstić information content (AvgIpc) is 2.13. The molecule has 0 heterocycles. The van der Waals surface area contributed by atoms with E-state index in [0.717, 1.165) is 0 Å². The second-order valence-corrected chi connectivity index (χ2v) is 5.29. The molecule has 0 aromatic heterocycles. The highest BCUT2D eigenvalue weighted by Crippen LogP contribution is 1.98. The maximum absolute atomic E-state index is 11.4.